The molecule has 184 valence electrons. The molecule has 2 atom stereocenters. The van der Waals surface area contributed by atoms with Crippen LogP contribution in [0.15, 0.2) is 35.2 Å². The maximum Gasteiger partial charge on any atom is 0.252 e. The minimum Gasteiger partial charge on any atom is -0.365 e. The summed E-state index contributed by atoms with van der Waals surface area (Å²) >= 11 is 1.45. The zero-order valence-electron chi connectivity index (χ0n) is 19.2. The number of nitrogens with one attached hydrogen (secondary N) is 3. The first kappa shape index (κ1) is 24.6. The Morgan fingerprint density at radius 1 is 1.14 bits per heavy atom. The van der Waals surface area contributed by atoms with Crippen molar-refractivity contribution in [2.24, 2.45) is 0 Å². The van der Waals surface area contributed by atoms with Crippen molar-refractivity contribution in [2.75, 3.05) is 5.32 Å². The molecule has 5 rings (SSSR count). The van der Waals surface area contributed by atoms with Crippen molar-refractivity contribution in [2.45, 2.75) is 51.6 Å². The lowest BCUT2D eigenvalue weighted by Gasteiger charge is -2.30. The number of pyridine rings is 2. The number of thiophene rings is 1. The van der Waals surface area contributed by atoms with E-state index in [0.29, 0.717) is 12.0 Å². The third-order valence-electron chi connectivity index (χ3n) is 5.68. The van der Waals surface area contributed by atoms with Gasteiger partial charge in [-0.05, 0) is 43.2 Å². The number of carbonyl (C=O) groups is 1. The van der Waals surface area contributed by atoms with Crippen molar-refractivity contribution < 1.29 is 18.0 Å². The smallest absolute Gasteiger partial charge is 0.252 e. The van der Waals surface area contributed by atoms with Gasteiger partial charge in [0.1, 0.15) is 11.5 Å². The third kappa shape index (κ3) is 5.45. The average Bonchev–Trinajstić information content (AvgIpc) is 3.53. The Labute approximate surface area is 204 Å². The van der Waals surface area contributed by atoms with Gasteiger partial charge in [0, 0.05) is 29.1 Å². The van der Waals surface area contributed by atoms with Gasteiger partial charge in [-0.2, -0.15) is 16.4 Å². The predicted octanol–water partition coefficient (Wildman–Crippen LogP) is 5.68. The second-order valence-electron chi connectivity index (χ2n) is 7.96. The molecule has 0 unspecified atom stereocenters. The van der Waals surface area contributed by atoms with Crippen LogP contribution in [-0.4, -0.2) is 38.2 Å². The highest BCUT2D eigenvalue weighted by Gasteiger charge is 2.26. The highest BCUT2D eigenvalue weighted by Crippen LogP contribution is 2.30. The molecule has 1 aliphatic carbocycles. The summed E-state index contributed by atoms with van der Waals surface area (Å²) < 4.78 is 42.8. The van der Waals surface area contributed by atoms with Crippen molar-refractivity contribution in [3.8, 4) is 11.4 Å². The predicted molar refractivity (Wildman–Crippen MR) is 130 cm³/mol. The molecule has 4 heterocycles. The monoisotopic (exact) mass is 502 g/mol. The molecule has 4 aromatic rings. The van der Waals surface area contributed by atoms with Crippen LogP contribution < -0.4 is 10.6 Å². The molecule has 1 saturated carbocycles. The zero-order valence-corrected chi connectivity index (χ0v) is 20.1. The number of amides is 1. The van der Waals surface area contributed by atoms with Gasteiger partial charge in [-0.1, -0.05) is 13.8 Å². The molecule has 3 N–H and O–H groups in total. The Balaban J connectivity index is 0.00000141. The van der Waals surface area contributed by atoms with Gasteiger partial charge in [0.25, 0.3) is 5.91 Å². The normalized spacial score (nSPS) is 17.5. The van der Waals surface area contributed by atoms with Gasteiger partial charge in [-0.25, -0.2) is 23.1 Å². The minimum absolute atomic E-state index is 0.0720. The molecule has 0 radical (unpaired) electrons. The second-order valence-corrected chi connectivity index (χ2v) is 8.74. The van der Waals surface area contributed by atoms with Crippen molar-refractivity contribution >= 4 is 34.1 Å². The number of halogens is 3. The van der Waals surface area contributed by atoms with Crippen molar-refractivity contribution in [1.29, 1.82) is 0 Å². The summed E-state index contributed by atoms with van der Waals surface area (Å²) in [6.45, 7) is 4.00. The van der Waals surface area contributed by atoms with Gasteiger partial charge >= 0.3 is 0 Å². The zero-order chi connectivity index (χ0) is 24.9. The van der Waals surface area contributed by atoms with Crippen LogP contribution >= 0.6 is 11.3 Å². The summed E-state index contributed by atoms with van der Waals surface area (Å²) in [5.74, 6) is -2.61. The number of carbonyl (C=O) groups excluding carboxylic acids is 1. The van der Waals surface area contributed by atoms with E-state index in [1.165, 1.54) is 17.4 Å². The largest absolute Gasteiger partial charge is 0.365 e. The van der Waals surface area contributed by atoms with Crippen LogP contribution in [0.4, 0.5) is 19.0 Å². The fourth-order valence-electron chi connectivity index (χ4n) is 4.11. The van der Waals surface area contributed by atoms with Crippen LogP contribution in [-0.2, 0) is 0 Å². The molecule has 4 aromatic heterocycles. The van der Waals surface area contributed by atoms with Crippen LogP contribution in [0.25, 0.3) is 22.4 Å². The molecule has 0 aliphatic heterocycles. The minimum atomic E-state index is -0.905. The molecular weight excluding hydrogens is 477 g/mol. The molecule has 0 spiro atoms. The van der Waals surface area contributed by atoms with Crippen molar-refractivity contribution in [1.82, 2.24) is 25.5 Å². The molecule has 1 fully saturated rings. The topological polar surface area (TPSA) is 95.6 Å². The number of hydrogen-bond donors (Lipinski definition) is 3. The summed E-state index contributed by atoms with van der Waals surface area (Å²) in [5.41, 5.74) is 0.737. The van der Waals surface area contributed by atoms with Gasteiger partial charge in [-0.3, -0.25) is 9.89 Å². The highest BCUT2D eigenvalue weighted by molar-refractivity contribution is 7.08. The lowest BCUT2D eigenvalue weighted by atomic mass is 9.90. The van der Waals surface area contributed by atoms with E-state index in [1.807, 2.05) is 19.2 Å². The van der Waals surface area contributed by atoms with E-state index in [1.54, 1.807) is 11.4 Å². The Morgan fingerprint density at radius 3 is 2.71 bits per heavy atom. The number of fused-ring (bicyclic) bond motifs is 1. The van der Waals surface area contributed by atoms with Gasteiger partial charge in [0.15, 0.2) is 23.1 Å². The Morgan fingerprint density at radius 2 is 1.94 bits per heavy atom. The third-order valence-corrected chi connectivity index (χ3v) is 6.36. The van der Waals surface area contributed by atoms with Crippen LogP contribution in [0.5, 0.6) is 0 Å². The Hall–Kier alpha value is -3.47. The molecular formula is C24H25F3N6OS. The van der Waals surface area contributed by atoms with Crippen LogP contribution in [0, 0.1) is 17.5 Å². The van der Waals surface area contributed by atoms with E-state index >= 15 is 0 Å². The lowest BCUT2D eigenvalue weighted by Crippen LogP contribution is -2.41. The van der Waals surface area contributed by atoms with E-state index in [-0.39, 0.29) is 46.2 Å². The first-order chi connectivity index (χ1) is 17.0. The molecule has 7 nitrogen and oxygen atoms in total. The average molecular weight is 503 g/mol. The fourth-order valence-corrected chi connectivity index (χ4v) is 4.74. The summed E-state index contributed by atoms with van der Waals surface area (Å²) in [4.78, 5) is 20.4. The number of H-pyrrole nitrogens is 1. The lowest BCUT2D eigenvalue weighted by molar-refractivity contribution is 0.0927. The first-order valence-electron chi connectivity index (χ1n) is 11.4. The molecule has 0 saturated heterocycles. The molecule has 0 aromatic carbocycles. The van der Waals surface area contributed by atoms with Gasteiger partial charge in [0.2, 0.25) is 0 Å². The highest BCUT2D eigenvalue weighted by atomic mass is 32.1. The van der Waals surface area contributed by atoms with E-state index in [4.69, 9.17) is 0 Å². The Kier molecular flexibility index (Phi) is 7.64. The number of hydrogen-bond acceptors (Lipinski definition) is 6. The van der Waals surface area contributed by atoms with Crippen LogP contribution in [0.3, 0.4) is 0 Å². The molecule has 1 amide bonds. The number of aromatic nitrogens is 4. The second kappa shape index (κ2) is 10.9. The fraction of sp³-hybridized carbons (Fsp3) is 0.333. The SMILES string of the molecule is CC.O=C(N[C@@H]1CCC[C@H](Nc2nc(-c3[nH]nc4ncc(F)cc34)c(F)cc2F)C1)c1ccsc1. The Bertz CT molecular complexity index is 1310. The molecule has 11 heteroatoms. The summed E-state index contributed by atoms with van der Waals surface area (Å²) in [7, 11) is 0. The van der Waals surface area contributed by atoms with Gasteiger partial charge < -0.3 is 10.6 Å². The molecule has 1 aliphatic rings. The number of nitrogens with zero attached hydrogens (tertiary/aromatic N) is 3. The van der Waals surface area contributed by atoms with Crippen LogP contribution in [0.1, 0.15) is 49.9 Å². The summed E-state index contributed by atoms with van der Waals surface area (Å²) in [5, 5.41) is 16.5. The van der Waals surface area contributed by atoms with E-state index in [0.717, 1.165) is 31.5 Å². The molecule has 35 heavy (non-hydrogen) atoms. The summed E-state index contributed by atoms with van der Waals surface area (Å²) in [6.07, 6.45) is 3.98. The quantitative estimate of drug-likeness (QED) is 0.326. The maximum atomic E-state index is 14.6. The summed E-state index contributed by atoms with van der Waals surface area (Å²) in [6, 6.07) is 3.43. The number of rotatable bonds is 5. The number of anilines is 1. The van der Waals surface area contributed by atoms with E-state index in [9.17, 15) is 18.0 Å². The van der Waals surface area contributed by atoms with Crippen molar-refractivity contribution in [3.63, 3.8) is 0 Å². The number of aromatic amines is 1. The van der Waals surface area contributed by atoms with Gasteiger partial charge in [-0.15, -0.1) is 0 Å². The van der Waals surface area contributed by atoms with Crippen molar-refractivity contribution in [3.05, 3.63) is 58.2 Å². The van der Waals surface area contributed by atoms with Gasteiger partial charge in [0.05, 0.1) is 17.3 Å². The van der Waals surface area contributed by atoms with E-state index < -0.39 is 17.5 Å². The maximum absolute atomic E-state index is 14.6. The first-order valence-corrected chi connectivity index (χ1v) is 12.4. The standard InChI is InChI=1S/C22H19F3N6OS.C2H6/c23-12-6-15-18(30-31-20(15)26-9-12)19-16(24)8-17(25)21(29-19)27-13-2-1-3-14(7-13)28-22(32)11-4-5-33-10-11;1-2/h4-6,8-10,13-14H,1-3,7H2,(H,27,29)(H,28,32)(H,26,30,31);1-2H3/t13-,14+;/m0./s1. The molecule has 0 bridgehead atoms. The van der Waals surface area contributed by atoms with Crippen LogP contribution in [0.2, 0.25) is 0 Å². The van der Waals surface area contributed by atoms with E-state index in [2.05, 4.69) is 30.8 Å².